The third kappa shape index (κ3) is 5.56. The Hall–Kier alpha value is -0.440. The van der Waals surface area contributed by atoms with E-state index in [1.165, 1.54) is 7.05 Å². The largest absolute Gasteiger partial charge is 0.368 e. The maximum atomic E-state index is 8.76. The molecule has 0 aliphatic heterocycles. The number of azo groups is 1. The molecule has 1 N–H and O–H groups in total. The van der Waals surface area contributed by atoms with E-state index in [2.05, 4.69) is 10.2 Å². The standard InChI is InChI=1S/C4H10N2O/c1-4(2,7)6-5-3/h7H,1-3H3. The van der Waals surface area contributed by atoms with Crippen molar-refractivity contribution in [3.05, 3.63) is 0 Å². The Morgan fingerprint density at radius 3 is 1.86 bits per heavy atom. The summed E-state index contributed by atoms with van der Waals surface area (Å²) >= 11 is 0. The van der Waals surface area contributed by atoms with Crippen molar-refractivity contribution in [1.82, 2.24) is 0 Å². The summed E-state index contributed by atoms with van der Waals surface area (Å²) in [6.45, 7) is 3.14. The second-order valence-corrected chi connectivity index (χ2v) is 1.79. The van der Waals surface area contributed by atoms with Crippen molar-refractivity contribution in [3.8, 4) is 0 Å². The van der Waals surface area contributed by atoms with E-state index in [1.807, 2.05) is 0 Å². The Morgan fingerprint density at radius 2 is 1.86 bits per heavy atom. The first-order chi connectivity index (χ1) is 3.06. The SMILES string of the molecule is CN=NC(C)(C)O. The van der Waals surface area contributed by atoms with Gasteiger partial charge < -0.3 is 5.11 Å². The van der Waals surface area contributed by atoms with Crippen LogP contribution in [-0.4, -0.2) is 17.9 Å². The summed E-state index contributed by atoms with van der Waals surface area (Å²) in [6.07, 6.45) is 0. The highest BCUT2D eigenvalue weighted by Crippen LogP contribution is 2.00. The summed E-state index contributed by atoms with van der Waals surface area (Å²) < 4.78 is 0. The molecule has 0 rings (SSSR count). The number of hydrogen-bond acceptors (Lipinski definition) is 3. The third-order valence-electron chi connectivity index (χ3n) is 0.345. The van der Waals surface area contributed by atoms with E-state index in [-0.39, 0.29) is 0 Å². The van der Waals surface area contributed by atoms with Gasteiger partial charge in [-0.1, -0.05) is 0 Å². The highest BCUT2D eigenvalue weighted by atomic mass is 16.3. The van der Waals surface area contributed by atoms with Crippen molar-refractivity contribution < 1.29 is 5.11 Å². The molecule has 0 unspecified atom stereocenters. The van der Waals surface area contributed by atoms with Crippen LogP contribution >= 0.6 is 0 Å². The highest BCUT2D eigenvalue weighted by Gasteiger charge is 2.06. The average Bonchev–Trinajstić information content (AvgIpc) is 1.30. The van der Waals surface area contributed by atoms with E-state index in [1.54, 1.807) is 13.8 Å². The summed E-state index contributed by atoms with van der Waals surface area (Å²) in [5, 5.41) is 15.6. The molecular weight excluding hydrogens is 92.1 g/mol. The van der Waals surface area contributed by atoms with Gasteiger partial charge in [-0.15, -0.1) is 0 Å². The summed E-state index contributed by atoms with van der Waals surface area (Å²) in [4.78, 5) is 0. The number of aliphatic hydroxyl groups is 1. The Labute approximate surface area is 43.1 Å². The first-order valence-electron chi connectivity index (χ1n) is 2.09. The zero-order valence-electron chi connectivity index (χ0n) is 4.84. The lowest BCUT2D eigenvalue weighted by Crippen LogP contribution is -2.12. The predicted octanol–water partition coefficient (Wildman–Crippen LogP) is 0.797. The summed E-state index contributed by atoms with van der Waals surface area (Å²) in [5.74, 6) is 0. The fraction of sp³-hybridized carbons (Fsp3) is 1.00. The summed E-state index contributed by atoms with van der Waals surface area (Å²) in [6, 6.07) is 0. The molecule has 0 spiro atoms. The molecule has 0 aromatic heterocycles. The molecule has 0 atom stereocenters. The second kappa shape index (κ2) is 2.02. The molecule has 7 heavy (non-hydrogen) atoms. The number of hydrogen-bond donors (Lipinski definition) is 1. The zero-order chi connectivity index (χ0) is 5.91. The molecule has 0 saturated heterocycles. The van der Waals surface area contributed by atoms with Gasteiger partial charge in [-0.3, -0.25) is 0 Å². The predicted molar refractivity (Wildman–Crippen MR) is 27.1 cm³/mol. The van der Waals surface area contributed by atoms with Gasteiger partial charge in [0.25, 0.3) is 0 Å². The molecular formula is C4H10N2O. The van der Waals surface area contributed by atoms with Gasteiger partial charge in [-0.25, -0.2) is 0 Å². The van der Waals surface area contributed by atoms with Crippen molar-refractivity contribution in [2.24, 2.45) is 10.2 Å². The van der Waals surface area contributed by atoms with E-state index < -0.39 is 5.72 Å². The minimum atomic E-state index is -0.991. The van der Waals surface area contributed by atoms with Crippen molar-refractivity contribution in [2.75, 3.05) is 7.05 Å². The second-order valence-electron chi connectivity index (χ2n) is 1.79. The number of rotatable bonds is 1. The van der Waals surface area contributed by atoms with Crippen LogP contribution in [-0.2, 0) is 0 Å². The topological polar surface area (TPSA) is 45.0 Å². The van der Waals surface area contributed by atoms with Crippen LogP contribution in [0.5, 0.6) is 0 Å². The van der Waals surface area contributed by atoms with Crippen molar-refractivity contribution in [1.29, 1.82) is 0 Å². The third-order valence-corrected chi connectivity index (χ3v) is 0.345. The van der Waals surface area contributed by atoms with Gasteiger partial charge in [0.15, 0.2) is 5.72 Å². The fourth-order valence-corrected chi connectivity index (χ4v) is 0.245. The van der Waals surface area contributed by atoms with Crippen molar-refractivity contribution >= 4 is 0 Å². The van der Waals surface area contributed by atoms with Crippen LogP contribution in [0, 0.1) is 0 Å². The molecule has 3 nitrogen and oxygen atoms in total. The van der Waals surface area contributed by atoms with Crippen LogP contribution in [0.25, 0.3) is 0 Å². The molecule has 0 fully saturated rings. The Kier molecular flexibility index (Phi) is 1.90. The Bertz CT molecular complexity index is 72.2. The first-order valence-corrected chi connectivity index (χ1v) is 2.09. The van der Waals surface area contributed by atoms with Gasteiger partial charge in [0.1, 0.15) is 0 Å². The van der Waals surface area contributed by atoms with E-state index >= 15 is 0 Å². The van der Waals surface area contributed by atoms with E-state index in [4.69, 9.17) is 5.11 Å². The fourth-order valence-electron chi connectivity index (χ4n) is 0.245. The lowest BCUT2D eigenvalue weighted by molar-refractivity contribution is 0.0824. The highest BCUT2D eigenvalue weighted by molar-refractivity contribution is 4.54. The molecule has 42 valence electrons. The lowest BCUT2D eigenvalue weighted by atomic mass is 10.3. The molecule has 0 amide bonds. The minimum absolute atomic E-state index is 0.991. The Morgan fingerprint density at radius 1 is 1.43 bits per heavy atom. The van der Waals surface area contributed by atoms with Gasteiger partial charge in [-0.2, -0.15) is 10.2 Å². The normalized spacial score (nSPS) is 13.1. The van der Waals surface area contributed by atoms with Gasteiger partial charge in [0, 0.05) is 7.05 Å². The quantitative estimate of drug-likeness (QED) is 0.489. The molecule has 0 heterocycles. The van der Waals surface area contributed by atoms with Gasteiger partial charge in [-0.05, 0) is 13.8 Å². The molecule has 0 bridgehead atoms. The van der Waals surface area contributed by atoms with Gasteiger partial charge >= 0.3 is 0 Å². The van der Waals surface area contributed by atoms with Crippen molar-refractivity contribution in [3.63, 3.8) is 0 Å². The molecule has 0 aliphatic carbocycles. The van der Waals surface area contributed by atoms with Gasteiger partial charge in [0.05, 0.1) is 0 Å². The zero-order valence-corrected chi connectivity index (χ0v) is 4.84. The van der Waals surface area contributed by atoms with Crippen LogP contribution in [0.2, 0.25) is 0 Å². The van der Waals surface area contributed by atoms with Gasteiger partial charge in [0.2, 0.25) is 0 Å². The summed E-state index contributed by atoms with van der Waals surface area (Å²) in [7, 11) is 1.53. The smallest absolute Gasteiger partial charge is 0.170 e. The van der Waals surface area contributed by atoms with Crippen LogP contribution in [0.15, 0.2) is 10.2 Å². The first kappa shape index (κ1) is 6.56. The number of nitrogens with zero attached hydrogens (tertiary/aromatic N) is 2. The maximum absolute atomic E-state index is 8.76. The molecule has 0 radical (unpaired) electrons. The molecule has 0 saturated carbocycles. The average molecular weight is 102 g/mol. The maximum Gasteiger partial charge on any atom is 0.170 e. The van der Waals surface area contributed by atoms with Crippen LogP contribution in [0.3, 0.4) is 0 Å². The summed E-state index contributed by atoms with van der Waals surface area (Å²) in [5.41, 5.74) is -0.991. The minimum Gasteiger partial charge on any atom is -0.368 e. The molecule has 0 aliphatic rings. The van der Waals surface area contributed by atoms with E-state index in [0.29, 0.717) is 0 Å². The lowest BCUT2D eigenvalue weighted by Gasteiger charge is -2.05. The van der Waals surface area contributed by atoms with E-state index in [0.717, 1.165) is 0 Å². The Balaban J connectivity index is 3.56. The molecule has 0 aromatic rings. The van der Waals surface area contributed by atoms with Crippen LogP contribution in [0.1, 0.15) is 13.8 Å². The molecule has 0 aromatic carbocycles. The van der Waals surface area contributed by atoms with Crippen molar-refractivity contribution in [2.45, 2.75) is 19.6 Å². The molecule has 3 heteroatoms. The van der Waals surface area contributed by atoms with Crippen LogP contribution < -0.4 is 0 Å². The van der Waals surface area contributed by atoms with E-state index in [9.17, 15) is 0 Å². The van der Waals surface area contributed by atoms with Crippen LogP contribution in [0.4, 0.5) is 0 Å². The monoisotopic (exact) mass is 102 g/mol.